The molecule has 0 spiro atoms. The molecule has 0 saturated carbocycles. The van der Waals surface area contributed by atoms with Crippen LogP contribution in [0.2, 0.25) is 0 Å². The largest absolute Gasteiger partial charge is 0.456 e. The number of thiophene rings is 1. The molecular formula is C27H20N2O3S. The van der Waals surface area contributed by atoms with Crippen LogP contribution in [0.5, 0.6) is 0 Å². The lowest BCUT2D eigenvalue weighted by atomic mass is 10.1. The van der Waals surface area contributed by atoms with Crippen molar-refractivity contribution in [1.29, 1.82) is 0 Å². The van der Waals surface area contributed by atoms with Gasteiger partial charge in [0.25, 0.3) is 11.8 Å². The molecule has 0 bridgehead atoms. The summed E-state index contributed by atoms with van der Waals surface area (Å²) < 4.78 is 5.92. The van der Waals surface area contributed by atoms with E-state index in [0.29, 0.717) is 16.8 Å². The normalized spacial score (nSPS) is 11.6. The molecule has 2 heterocycles. The van der Waals surface area contributed by atoms with Crippen molar-refractivity contribution >= 4 is 56.9 Å². The molecule has 0 fully saturated rings. The fourth-order valence-corrected chi connectivity index (χ4v) is 4.23. The molecule has 0 aliphatic rings. The number of carbonyl (C=O) groups excluding carboxylic acids is 2. The summed E-state index contributed by atoms with van der Waals surface area (Å²) in [5.74, 6) is -0.764. The van der Waals surface area contributed by atoms with E-state index in [1.807, 2.05) is 73.0 Å². The predicted octanol–water partition coefficient (Wildman–Crippen LogP) is 6.37. The van der Waals surface area contributed by atoms with Crippen LogP contribution in [0.1, 0.15) is 20.8 Å². The molecular weight excluding hydrogens is 432 g/mol. The Labute approximate surface area is 194 Å². The molecule has 5 nitrogen and oxygen atoms in total. The van der Waals surface area contributed by atoms with Crippen molar-refractivity contribution < 1.29 is 14.0 Å². The molecule has 3 aromatic carbocycles. The number of amides is 2. The zero-order valence-corrected chi connectivity index (χ0v) is 18.6. The maximum atomic E-state index is 13.1. The Morgan fingerprint density at radius 3 is 2.45 bits per heavy atom. The first-order valence-corrected chi connectivity index (χ1v) is 11.3. The number of aryl methyl sites for hydroxylation is 1. The first kappa shape index (κ1) is 20.7. The second-order valence-corrected chi connectivity index (χ2v) is 8.64. The van der Waals surface area contributed by atoms with Gasteiger partial charge in [-0.25, -0.2) is 0 Å². The number of para-hydroxylation sites is 1. The summed E-state index contributed by atoms with van der Waals surface area (Å²) in [7, 11) is 0. The second-order valence-electron chi connectivity index (χ2n) is 7.66. The van der Waals surface area contributed by atoms with E-state index < -0.39 is 5.91 Å². The van der Waals surface area contributed by atoms with Gasteiger partial charge >= 0.3 is 0 Å². The highest BCUT2D eigenvalue weighted by molar-refractivity contribution is 7.10. The zero-order valence-electron chi connectivity index (χ0n) is 17.8. The van der Waals surface area contributed by atoms with E-state index in [0.717, 1.165) is 26.8 Å². The Morgan fingerprint density at radius 1 is 0.879 bits per heavy atom. The van der Waals surface area contributed by atoms with E-state index in [-0.39, 0.29) is 11.6 Å². The van der Waals surface area contributed by atoms with Crippen LogP contribution in [0.15, 0.2) is 94.4 Å². The van der Waals surface area contributed by atoms with Gasteiger partial charge in [-0.1, -0.05) is 42.0 Å². The molecule has 0 atom stereocenters. The van der Waals surface area contributed by atoms with Crippen LogP contribution in [0.25, 0.3) is 28.0 Å². The minimum absolute atomic E-state index is 0.160. The molecule has 6 heteroatoms. The number of benzene rings is 3. The quantitative estimate of drug-likeness (QED) is 0.305. The van der Waals surface area contributed by atoms with Gasteiger partial charge in [-0.3, -0.25) is 9.59 Å². The van der Waals surface area contributed by atoms with Crippen LogP contribution in [0, 0.1) is 6.92 Å². The molecule has 0 aliphatic carbocycles. The number of carbonyl (C=O) groups is 2. The van der Waals surface area contributed by atoms with Gasteiger partial charge in [0.2, 0.25) is 0 Å². The van der Waals surface area contributed by atoms with Crippen molar-refractivity contribution in [1.82, 2.24) is 5.32 Å². The number of rotatable bonds is 5. The summed E-state index contributed by atoms with van der Waals surface area (Å²) >= 11 is 1.48. The molecule has 162 valence electrons. The van der Waals surface area contributed by atoms with Crippen LogP contribution in [0.4, 0.5) is 5.69 Å². The molecule has 0 saturated heterocycles. The van der Waals surface area contributed by atoms with Crippen LogP contribution < -0.4 is 10.6 Å². The Morgan fingerprint density at radius 2 is 1.67 bits per heavy atom. The van der Waals surface area contributed by atoms with E-state index >= 15 is 0 Å². The fourth-order valence-electron chi connectivity index (χ4n) is 3.58. The van der Waals surface area contributed by atoms with Crippen LogP contribution in [-0.2, 0) is 4.79 Å². The lowest BCUT2D eigenvalue weighted by Gasteiger charge is -2.11. The molecule has 5 aromatic rings. The third-order valence-corrected chi connectivity index (χ3v) is 6.09. The highest BCUT2D eigenvalue weighted by Crippen LogP contribution is 2.30. The average Bonchev–Trinajstić information content (AvgIpc) is 3.46. The van der Waals surface area contributed by atoms with Crippen molar-refractivity contribution in [3.05, 3.63) is 106 Å². The van der Waals surface area contributed by atoms with E-state index in [4.69, 9.17) is 4.42 Å². The Bertz CT molecular complexity index is 1500. The highest BCUT2D eigenvalue weighted by Gasteiger charge is 2.16. The lowest BCUT2D eigenvalue weighted by Crippen LogP contribution is -2.30. The van der Waals surface area contributed by atoms with E-state index in [2.05, 4.69) is 10.6 Å². The Hall–Kier alpha value is -4.16. The average molecular weight is 453 g/mol. The van der Waals surface area contributed by atoms with Gasteiger partial charge < -0.3 is 15.1 Å². The monoisotopic (exact) mass is 452 g/mol. The minimum Gasteiger partial charge on any atom is -0.456 e. The second kappa shape index (κ2) is 8.76. The van der Waals surface area contributed by atoms with E-state index in [9.17, 15) is 9.59 Å². The minimum atomic E-state index is -0.417. The maximum absolute atomic E-state index is 13.1. The number of hydrogen-bond acceptors (Lipinski definition) is 4. The number of fused-ring (bicyclic) bond motifs is 3. The zero-order chi connectivity index (χ0) is 22.8. The number of hydrogen-bond donors (Lipinski definition) is 2. The standard InChI is InChI=1S/C27H20N2O3S/c1-17-8-10-18(11-9-17)26(30)29-23(16-20-5-4-14-33-20)27(31)28-19-12-13-22-21-6-2-3-7-24(21)32-25(22)15-19/h2-16H,1H3,(H,28,31)(H,29,30)/b23-16-. The molecule has 2 amide bonds. The van der Waals surface area contributed by atoms with Crippen molar-refractivity contribution in [3.63, 3.8) is 0 Å². The van der Waals surface area contributed by atoms with Crippen LogP contribution >= 0.6 is 11.3 Å². The third-order valence-electron chi connectivity index (χ3n) is 5.27. The number of furan rings is 1. The topological polar surface area (TPSA) is 71.3 Å². The predicted molar refractivity (Wildman–Crippen MR) is 133 cm³/mol. The van der Waals surface area contributed by atoms with Gasteiger partial charge in [-0.2, -0.15) is 0 Å². The summed E-state index contributed by atoms with van der Waals surface area (Å²) in [5, 5.41) is 9.56. The molecule has 0 radical (unpaired) electrons. The Balaban J connectivity index is 1.42. The van der Waals surface area contributed by atoms with Crippen molar-refractivity contribution in [2.75, 3.05) is 5.32 Å². The Kier molecular flexibility index (Phi) is 5.50. The summed E-state index contributed by atoms with van der Waals surface area (Å²) in [6.45, 7) is 1.95. The highest BCUT2D eigenvalue weighted by atomic mass is 32.1. The molecule has 2 aromatic heterocycles. The summed E-state index contributed by atoms with van der Waals surface area (Å²) in [6.07, 6.45) is 1.67. The number of nitrogens with one attached hydrogen (secondary N) is 2. The first-order valence-electron chi connectivity index (χ1n) is 10.4. The lowest BCUT2D eigenvalue weighted by molar-refractivity contribution is -0.113. The smallest absolute Gasteiger partial charge is 0.272 e. The molecule has 5 rings (SSSR count). The van der Waals surface area contributed by atoms with E-state index in [1.54, 1.807) is 24.3 Å². The molecule has 0 aliphatic heterocycles. The fraction of sp³-hybridized carbons (Fsp3) is 0.0370. The maximum Gasteiger partial charge on any atom is 0.272 e. The summed E-state index contributed by atoms with van der Waals surface area (Å²) in [5.41, 5.74) is 3.75. The summed E-state index contributed by atoms with van der Waals surface area (Å²) in [6, 6.07) is 24.3. The van der Waals surface area contributed by atoms with Crippen molar-refractivity contribution in [3.8, 4) is 0 Å². The number of anilines is 1. The first-order chi connectivity index (χ1) is 16.1. The SMILES string of the molecule is Cc1ccc(C(=O)N/C(=C\c2cccs2)C(=O)Nc2ccc3c(c2)oc2ccccc23)cc1. The van der Waals surface area contributed by atoms with Gasteiger partial charge in [0.05, 0.1) is 0 Å². The van der Waals surface area contributed by atoms with Crippen LogP contribution in [-0.4, -0.2) is 11.8 Å². The van der Waals surface area contributed by atoms with Gasteiger partial charge in [0.15, 0.2) is 0 Å². The summed E-state index contributed by atoms with van der Waals surface area (Å²) in [4.78, 5) is 26.8. The van der Waals surface area contributed by atoms with E-state index in [1.165, 1.54) is 11.3 Å². The van der Waals surface area contributed by atoms with Crippen LogP contribution in [0.3, 0.4) is 0 Å². The van der Waals surface area contributed by atoms with Gasteiger partial charge in [-0.15, -0.1) is 11.3 Å². The van der Waals surface area contributed by atoms with Gasteiger partial charge in [0.1, 0.15) is 16.9 Å². The molecule has 33 heavy (non-hydrogen) atoms. The van der Waals surface area contributed by atoms with Crippen molar-refractivity contribution in [2.24, 2.45) is 0 Å². The van der Waals surface area contributed by atoms with Gasteiger partial charge in [0, 0.05) is 33.0 Å². The van der Waals surface area contributed by atoms with Crippen molar-refractivity contribution in [2.45, 2.75) is 6.92 Å². The molecule has 2 N–H and O–H groups in total. The molecule has 0 unspecified atom stereocenters. The van der Waals surface area contributed by atoms with Gasteiger partial charge in [-0.05, 0) is 54.8 Å². The third kappa shape index (κ3) is 4.42.